The second-order valence-electron chi connectivity index (χ2n) is 7.72. The summed E-state index contributed by atoms with van der Waals surface area (Å²) in [6.07, 6.45) is 4.29. The predicted octanol–water partition coefficient (Wildman–Crippen LogP) is 4.90. The molecular weight excluding hydrogens is 380 g/mol. The lowest BCUT2D eigenvalue weighted by atomic mass is 9.96. The molecule has 0 bridgehead atoms. The van der Waals surface area contributed by atoms with Gasteiger partial charge in [-0.15, -0.1) is 11.3 Å². The number of nitrogens with zero attached hydrogens (tertiary/aromatic N) is 3. The highest BCUT2D eigenvalue weighted by Gasteiger charge is 2.25. The fourth-order valence-corrected chi connectivity index (χ4v) is 5.15. The summed E-state index contributed by atoms with van der Waals surface area (Å²) in [7, 11) is 0. The second kappa shape index (κ2) is 7.95. The van der Waals surface area contributed by atoms with Crippen molar-refractivity contribution in [1.82, 2.24) is 19.9 Å². The van der Waals surface area contributed by atoms with Gasteiger partial charge in [-0.1, -0.05) is 24.3 Å². The first kappa shape index (κ1) is 18.3. The molecular formula is C23H24N4OS. The number of carbonyl (C=O) groups excluding carboxylic acids is 1. The molecule has 6 heteroatoms. The number of hydrogen-bond acceptors (Lipinski definition) is 4. The molecule has 1 fully saturated rings. The number of aromatic amines is 1. The van der Waals surface area contributed by atoms with Crippen molar-refractivity contribution in [1.29, 1.82) is 0 Å². The van der Waals surface area contributed by atoms with Gasteiger partial charge in [0, 0.05) is 25.4 Å². The number of amides is 1. The quantitative estimate of drug-likeness (QED) is 0.514. The van der Waals surface area contributed by atoms with Gasteiger partial charge in [0.25, 0.3) is 0 Å². The Morgan fingerprint density at radius 1 is 1.03 bits per heavy atom. The molecule has 0 radical (unpaired) electrons. The monoisotopic (exact) mass is 404 g/mol. The van der Waals surface area contributed by atoms with Crippen molar-refractivity contribution in [3.8, 4) is 0 Å². The zero-order valence-electron chi connectivity index (χ0n) is 16.3. The van der Waals surface area contributed by atoms with Crippen LogP contribution in [0.5, 0.6) is 0 Å². The summed E-state index contributed by atoms with van der Waals surface area (Å²) >= 11 is 1.74. The van der Waals surface area contributed by atoms with Crippen LogP contribution in [0.4, 0.5) is 0 Å². The molecule has 29 heavy (non-hydrogen) atoms. The fourth-order valence-electron chi connectivity index (χ4n) is 4.14. The number of para-hydroxylation sites is 3. The van der Waals surface area contributed by atoms with Gasteiger partial charge in [-0.3, -0.25) is 4.79 Å². The van der Waals surface area contributed by atoms with Crippen LogP contribution >= 0.6 is 11.3 Å². The molecule has 1 N–H and O–H groups in total. The topological polar surface area (TPSA) is 61.9 Å². The molecule has 1 saturated heterocycles. The minimum Gasteiger partial charge on any atom is -0.343 e. The van der Waals surface area contributed by atoms with Gasteiger partial charge < -0.3 is 9.88 Å². The largest absolute Gasteiger partial charge is 0.343 e. The van der Waals surface area contributed by atoms with Crippen molar-refractivity contribution >= 4 is 38.5 Å². The van der Waals surface area contributed by atoms with Gasteiger partial charge in [0.2, 0.25) is 5.91 Å². The van der Waals surface area contributed by atoms with E-state index in [2.05, 4.69) is 22.1 Å². The molecule has 0 saturated carbocycles. The maximum Gasteiger partial charge on any atom is 0.222 e. The van der Waals surface area contributed by atoms with Crippen molar-refractivity contribution < 1.29 is 4.79 Å². The van der Waals surface area contributed by atoms with Crippen molar-refractivity contribution in [3.63, 3.8) is 0 Å². The first-order chi connectivity index (χ1) is 14.3. The van der Waals surface area contributed by atoms with Crippen LogP contribution in [0.2, 0.25) is 0 Å². The fraction of sp³-hybridized carbons (Fsp3) is 0.348. The van der Waals surface area contributed by atoms with Gasteiger partial charge in [0.15, 0.2) is 0 Å². The third-order valence-corrected chi connectivity index (χ3v) is 6.86. The number of thiazole rings is 1. The highest BCUT2D eigenvalue weighted by molar-refractivity contribution is 7.18. The number of imidazole rings is 1. The Balaban J connectivity index is 1.12. The van der Waals surface area contributed by atoms with Gasteiger partial charge in [-0.05, 0) is 49.9 Å². The van der Waals surface area contributed by atoms with Crippen LogP contribution in [0, 0.1) is 0 Å². The average Bonchev–Trinajstić information content (AvgIpc) is 3.37. The number of nitrogens with one attached hydrogen (secondary N) is 1. The number of likely N-dealkylation sites (tertiary alicyclic amines) is 1. The van der Waals surface area contributed by atoms with E-state index in [4.69, 9.17) is 4.98 Å². The zero-order valence-corrected chi connectivity index (χ0v) is 17.1. The van der Waals surface area contributed by atoms with Crippen molar-refractivity contribution in [2.75, 3.05) is 13.1 Å². The standard InChI is InChI=1S/C23H24N4OS/c28-22(11-5-10-21-24-19-8-3-4-9-20(19)29-21)27-14-12-16(13-15-27)23-25-17-6-1-2-7-18(17)26-23/h1-4,6-9,16H,5,10-15H2,(H,25,26). The molecule has 3 heterocycles. The van der Waals surface area contributed by atoms with Gasteiger partial charge in [0.05, 0.1) is 26.3 Å². The second-order valence-corrected chi connectivity index (χ2v) is 8.84. The summed E-state index contributed by atoms with van der Waals surface area (Å²) in [6.45, 7) is 1.64. The minimum absolute atomic E-state index is 0.272. The van der Waals surface area contributed by atoms with E-state index in [0.29, 0.717) is 12.3 Å². The number of H-pyrrole nitrogens is 1. The highest BCUT2D eigenvalue weighted by Crippen LogP contribution is 2.28. The molecule has 1 amide bonds. The van der Waals surface area contributed by atoms with E-state index in [1.165, 1.54) is 4.70 Å². The van der Waals surface area contributed by atoms with E-state index in [1.54, 1.807) is 11.3 Å². The van der Waals surface area contributed by atoms with Crippen LogP contribution in [0.1, 0.15) is 42.4 Å². The zero-order chi connectivity index (χ0) is 19.6. The first-order valence-electron chi connectivity index (χ1n) is 10.3. The third-order valence-electron chi connectivity index (χ3n) is 5.76. The lowest BCUT2D eigenvalue weighted by Gasteiger charge is -2.31. The van der Waals surface area contributed by atoms with Crippen LogP contribution in [-0.2, 0) is 11.2 Å². The Morgan fingerprint density at radius 3 is 2.59 bits per heavy atom. The summed E-state index contributed by atoms with van der Waals surface area (Å²) in [6, 6.07) is 16.4. The normalized spacial score (nSPS) is 15.4. The first-order valence-corrected chi connectivity index (χ1v) is 11.1. The number of carbonyl (C=O) groups is 1. The maximum atomic E-state index is 12.6. The van der Waals surface area contributed by atoms with Gasteiger partial charge in [-0.25, -0.2) is 9.97 Å². The number of hydrogen-bond donors (Lipinski definition) is 1. The summed E-state index contributed by atoms with van der Waals surface area (Å²) in [5.74, 6) is 1.75. The van der Waals surface area contributed by atoms with Crippen LogP contribution in [0.25, 0.3) is 21.3 Å². The summed E-state index contributed by atoms with van der Waals surface area (Å²) < 4.78 is 1.22. The molecule has 5 rings (SSSR count). The molecule has 1 aliphatic heterocycles. The Morgan fingerprint density at radius 2 is 1.79 bits per heavy atom. The molecule has 0 unspecified atom stereocenters. The van der Waals surface area contributed by atoms with E-state index in [9.17, 15) is 4.79 Å². The van der Waals surface area contributed by atoms with E-state index in [1.807, 2.05) is 41.3 Å². The number of benzene rings is 2. The van der Waals surface area contributed by atoms with Crippen molar-refractivity contribution in [2.24, 2.45) is 0 Å². The molecule has 2 aromatic heterocycles. The van der Waals surface area contributed by atoms with Crippen LogP contribution in [0.3, 0.4) is 0 Å². The van der Waals surface area contributed by atoms with E-state index >= 15 is 0 Å². The molecule has 2 aromatic carbocycles. The molecule has 5 nitrogen and oxygen atoms in total. The van der Waals surface area contributed by atoms with E-state index in [0.717, 1.165) is 66.2 Å². The SMILES string of the molecule is O=C(CCCc1nc2ccccc2s1)N1CCC(c2nc3ccccc3[nH]2)CC1. The Hall–Kier alpha value is -2.73. The Labute approximate surface area is 173 Å². The lowest BCUT2D eigenvalue weighted by Crippen LogP contribution is -2.38. The summed E-state index contributed by atoms with van der Waals surface area (Å²) in [5, 5.41) is 1.13. The maximum absolute atomic E-state index is 12.6. The Bertz CT molecular complexity index is 1070. The molecule has 0 spiro atoms. The van der Waals surface area contributed by atoms with E-state index in [-0.39, 0.29) is 5.91 Å². The van der Waals surface area contributed by atoms with Gasteiger partial charge in [0.1, 0.15) is 5.82 Å². The van der Waals surface area contributed by atoms with Gasteiger partial charge >= 0.3 is 0 Å². The number of aromatic nitrogens is 3. The van der Waals surface area contributed by atoms with E-state index < -0.39 is 0 Å². The highest BCUT2D eigenvalue weighted by atomic mass is 32.1. The van der Waals surface area contributed by atoms with Crippen LogP contribution < -0.4 is 0 Å². The van der Waals surface area contributed by atoms with Crippen LogP contribution in [0.15, 0.2) is 48.5 Å². The average molecular weight is 405 g/mol. The number of rotatable bonds is 5. The van der Waals surface area contributed by atoms with Crippen molar-refractivity contribution in [3.05, 3.63) is 59.4 Å². The summed E-state index contributed by atoms with van der Waals surface area (Å²) in [5.41, 5.74) is 3.18. The molecule has 1 aliphatic rings. The number of aryl methyl sites for hydroxylation is 1. The predicted molar refractivity (Wildman–Crippen MR) is 117 cm³/mol. The van der Waals surface area contributed by atoms with Gasteiger partial charge in [-0.2, -0.15) is 0 Å². The molecule has 4 aromatic rings. The third kappa shape index (κ3) is 3.90. The number of piperidine rings is 1. The molecule has 0 atom stereocenters. The lowest BCUT2D eigenvalue weighted by molar-refractivity contribution is -0.132. The van der Waals surface area contributed by atoms with Crippen LogP contribution in [-0.4, -0.2) is 38.8 Å². The minimum atomic E-state index is 0.272. The molecule has 0 aliphatic carbocycles. The molecule has 148 valence electrons. The summed E-state index contributed by atoms with van der Waals surface area (Å²) in [4.78, 5) is 27.5. The number of fused-ring (bicyclic) bond motifs is 2. The smallest absolute Gasteiger partial charge is 0.222 e. The Kier molecular flexibility index (Phi) is 5.02. The van der Waals surface area contributed by atoms with Crippen molar-refractivity contribution in [2.45, 2.75) is 38.0 Å².